The van der Waals surface area contributed by atoms with E-state index in [1.54, 1.807) is 16.8 Å². The fourth-order valence-electron chi connectivity index (χ4n) is 1.85. The third-order valence-corrected chi connectivity index (χ3v) is 4.82. The monoisotopic (exact) mass is 351 g/mol. The van der Waals surface area contributed by atoms with Gasteiger partial charge >= 0.3 is 0 Å². The Morgan fingerprint density at radius 1 is 1.30 bits per heavy atom. The number of hydrogen-bond acceptors (Lipinski definition) is 8. The van der Waals surface area contributed by atoms with E-state index in [1.807, 2.05) is 0 Å². The average molecular weight is 351 g/mol. The predicted octanol–water partition coefficient (Wildman–Crippen LogP) is 3.11. The molecule has 0 amide bonds. The molecule has 1 N–H and O–H groups in total. The summed E-state index contributed by atoms with van der Waals surface area (Å²) in [6.07, 6.45) is 0.975. The molecule has 7 nitrogen and oxygen atoms in total. The molecule has 2 aromatic heterocycles. The van der Waals surface area contributed by atoms with Crippen LogP contribution in [0.4, 0.5) is 15.2 Å². The first-order chi connectivity index (χ1) is 11.2. The zero-order valence-electron chi connectivity index (χ0n) is 12.3. The zero-order valence-corrected chi connectivity index (χ0v) is 13.9. The van der Waals surface area contributed by atoms with Crippen molar-refractivity contribution >= 4 is 33.9 Å². The first kappa shape index (κ1) is 15.8. The largest absolute Gasteiger partial charge is 0.330 e. The standard InChI is InChI=1S/C13H14FN7S2/c1-2-6-21-11(16-19-20-21)8-22-13-18-17-12(23-13)15-10-5-3-4-9(14)7-10/h3-5,7H,2,6,8H2,1H3,(H,15,17). The van der Waals surface area contributed by atoms with Crippen LogP contribution < -0.4 is 5.32 Å². The van der Waals surface area contributed by atoms with Gasteiger partial charge in [-0.1, -0.05) is 36.1 Å². The van der Waals surface area contributed by atoms with Gasteiger partial charge in [0.15, 0.2) is 10.2 Å². The Morgan fingerprint density at radius 3 is 3.04 bits per heavy atom. The molecule has 0 aliphatic heterocycles. The van der Waals surface area contributed by atoms with Crippen LogP contribution in [-0.2, 0) is 12.3 Å². The number of anilines is 2. The van der Waals surface area contributed by atoms with Crippen molar-refractivity contribution < 1.29 is 4.39 Å². The SMILES string of the molecule is CCCn1nnnc1CSc1nnc(Nc2cccc(F)c2)s1. The van der Waals surface area contributed by atoms with Crippen LogP contribution >= 0.6 is 23.1 Å². The normalized spacial score (nSPS) is 10.9. The van der Waals surface area contributed by atoms with Crippen LogP contribution in [0.2, 0.25) is 0 Å². The van der Waals surface area contributed by atoms with Crippen molar-refractivity contribution in [3.8, 4) is 0 Å². The average Bonchev–Trinajstić information content (AvgIpc) is 3.15. The van der Waals surface area contributed by atoms with Crippen molar-refractivity contribution in [2.75, 3.05) is 5.32 Å². The molecule has 0 radical (unpaired) electrons. The highest BCUT2D eigenvalue weighted by molar-refractivity contribution is 8.00. The highest BCUT2D eigenvalue weighted by Crippen LogP contribution is 2.29. The van der Waals surface area contributed by atoms with Crippen molar-refractivity contribution in [2.24, 2.45) is 0 Å². The molecule has 3 aromatic rings. The third-order valence-electron chi connectivity index (χ3n) is 2.85. The van der Waals surface area contributed by atoms with Gasteiger partial charge in [0.05, 0.1) is 5.75 Å². The van der Waals surface area contributed by atoms with Gasteiger partial charge in [-0.25, -0.2) is 9.07 Å². The highest BCUT2D eigenvalue weighted by atomic mass is 32.2. The number of halogens is 1. The predicted molar refractivity (Wildman–Crippen MR) is 87.3 cm³/mol. The van der Waals surface area contributed by atoms with E-state index in [4.69, 9.17) is 0 Å². The van der Waals surface area contributed by atoms with E-state index in [0.29, 0.717) is 16.6 Å². The van der Waals surface area contributed by atoms with Gasteiger partial charge in [0.2, 0.25) is 5.13 Å². The molecular formula is C13H14FN7S2. The molecule has 120 valence electrons. The van der Waals surface area contributed by atoms with E-state index >= 15 is 0 Å². The smallest absolute Gasteiger partial charge is 0.210 e. The lowest BCUT2D eigenvalue weighted by atomic mass is 10.3. The molecule has 23 heavy (non-hydrogen) atoms. The molecule has 0 saturated carbocycles. The van der Waals surface area contributed by atoms with Gasteiger partial charge in [-0.15, -0.1) is 15.3 Å². The molecule has 0 aliphatic carbocycles. The molecule has 0 unspecified atom stereocenters. The minimum atomic E-state index is -0.295. The maximum Gasteiger partial charge on any atom is 0.210 e. The van der Waals surface area contributed by atoms with Crippen LogP contribution in [0.15, 0.2) is 28.6 Å². The number of aryl methyl sites for hydroxylation is 1. The summed E-state index contributed by atoms with van der Waals surface area (Å²) in [6.45, 7) is 2.87. The lowest BCUT2D eigenvalue weighted by Crippen LogP contribution is -2.04. The van der Waals surface area contributed by atoms with E-state index in [1.165, 1.54) is 35.2 Å². The number of hydrogen-bond donors (Lipinski definition) is 1. The van der Waals surface area contributed by atoms with E-state index < -0.39 is 0 Å². The van der Waals surface area contributed by atoms with Crippen molar-refractivity contribution in [2.45, 2.75) is 30.0 Å². The topological polar surface area (TPSA) is 81.4 Å². The Kier molecular flexibility index (Phi) is 5.13. The summed E-state index contributed by atoms with van der Waals surface area (Å²) in [7, 11) is 0. The van der Waals surface area contributed by atoms with Gasteiger partial charge < -0.3 is 5.32 Å². The second-order valence-corrected chi connectivity index (χ2v) is 6.82. The summed E-state index contributed by atoms with van der Waals surface area (Å²) in [5.41, 5.74) is 0.643. The second-order valence-electron chi connectivity index (χ2n) is 4.62. The first-order valence-electron chi connectivity index (χ1n) is 6.98. The van der Waals surface area contributed by atoms with E-state index in [-0.39, 0.29) is 5.82 Å². The Bertz CT molecular complexity index is 773. The maximum atomic E-state index is 13.2. The lowest BCUT2D eigenvalue weighted by molar-refractivity contribution is 0.564. The molecule has 1 aromatic carbocycles. The quantitative estimate of drug-likeness (QED) is 0.655. The number of nitrogens with one attached hydrogen (secondary N) is 1. The molecule has 0 saturated heterocycles. The van der Waals surface area contributed by atoms with Crippen molar-refractivity contribution in [1.82, 2.24) is 30.4 Å². The van der Waals surface area contributed by atoms with Crippen molar-refractivity contribution in [1.29, 1.82) is 0 Å². The molecule has 3 rings (SSSR count). The zero-order chi connectivity index (χ0) is 16.1. The molecule has 10 heteroatoms. The molecule has 0 atom stereocenters. The molecular weight excluding hydrogens is 337 g/mol. The lowest BCUT2D eigenvalue weighted by Gasteiger charge is -2.01. The summed E-state index contributed by atoms with van der Waals surface area (Å²) in [4.78, 5) is 0. The Labute approximate surface area is 140 Å². The van der Waals surface area contributed by atoms with Crippen LogP contribution in [-0.4, -0.2) is 30.4 Å². The number of nitrogens with zero attached hydrogens (tertiary/aromatic N) is 6. The Morgan fingerprint density at radius 2 is 2.22 bits per heavy atom. The Balaban J connectivity index is 1.60. The summed E-state index contributed by atoms with van der Waals surface area (Å²) in [5.74, 6) is 1.14. The van der Waals surface area contributed by atoms with Gasteiger partial charge in [-0.05, 0) is 35.0 Å². The van der Waals surface area contributed by atoms with Crippen LogP contribution in [0.3, 0.4) is 0 Å². The van der Waals surface area contributed by atoms with Crippen molar-refractivity contribution in [3.63, 3.8) is 0 Å². The second kappa shape index (κ2) is 7.47. The Hall–Kier alpha value is -2.07. The van der Waals surface area contributed by atoms with Crippen LogP contribution in [0, 0.1) is 5.82 Å². The maximum absolute atomic E-state index is 13.2. The van der Waals surface area contributed by atoms with Gasteiger partial charge in [0.1, 0.15) is 5.82 Å². The third kappa shape index (κ3) is 4.23. The fourth-order valence-corrected chi connectivity index (χ4v) is 3.55. The van der Waals surface area contributed by atoms with Gasteiger partial charge in [0.25, 0.3) is 0 Å². The molecule has 2 heterocycles. The van der Waals surface area contributed by atoms with Gasteiger partial charge in [-0.3, -0.25) is 0 Å². The first-order valence-corrected chi connectivity index (χ1v) is 8.78. The number of tetrazole rings is 1. The van der Waals surface area contributed by atoms with Crippen LogP contribution in [0.5, 0.6) is 0 Å². The summed E-state index contributed by atoms with van der Waals surface area (Å²) >= 11 is 2.92. The number of rotatable bonds is 7. The number of benzene rings is 1. The molecule has 0 spiro atoms. The summed E-state index contributed by atoms with van der Waals surface area (Å²) in [5, 5.41) is 23.5. The molecule has 0 fully saturated rings. The number of thioether (sulfide) groups is 1. The summed E-state index contributed by atoms with van der Waals surface area (Å²) < 4.78 is 15.7. The molecule has 0 aliphatic rings. The summed E-state index contributed by atoms with van der Waals surface area (Å²) in [6, 6.07) is 6.22. The highest BCUT2D eigenvalue weighted by Gasteiger charge is 2.10. The van der Waals surface area contributed by atoms with Crippen molar-refractivity contribution in [3.05, 3.63) is 35.9 Å². The van der Waals surface area contributed by atoms with Crippen LogP contribution in [0.25, 0.3) is 0 Å². The number of aromatic nitrogens is 6. The van der Waals surface area contributed by atoms with E-state index in [2.05, 4.69) is 38.0 Å². The van der Waals surface area contributed by atoms with E-state index in [9.17, 15) is 4.39 Å². The van der Waals surface area contributed by atoms with Gasteiger partial charge in [0, 0.05) is 12.2 Å². The minimum Gasteiger partial charge on any atom is -0.330 e. The fraction of sp³-hybridized carbons (Fsp3) is 0.308. The minimum absolute atomic E-state index is 0.295. The van der Waals surface area contributed by atoms with E-state index in [0.717, 1.165) is 23.1 Å². The molecule has 0 bridgehead atoms. The van der Waals surface area contributed by atoms with Gasteiger partial charge in [-0.2, -0.15) is 0 Å². The van der Waals surface area contributed by atoms with Crippen LogP contribution in [0.1, 0.15) is 19.2 Å².